The molecule has 1 nitrogen and oxygen atoms in total. The van der Waals surface area contributed by atoms with Crippen LogP contribution in [0.15, 0.2) is 0 Å². The lowest BCUT2D eigenvalue weighted by molar-refractivity contribution is 0.199. The zero-order valence-electron chi connectivity index (χ0n) is 12.2. The summed E-state index contributed by atoms with van der Waals surface area (Å²) >= 11 is 0. The van der Waals surface area contributed by atoms with Crippen molar-refractivity contribution in [1.29, 1.82) is 0 Å². The highest BCUT2D eigenvalue weighted by Crippen LogP contribution is 2.48. The molecule has 0 aromatic rings. The van der Waals surface area contributed by atoms with Gasteiger partial charge in [0.05, 0.1) is 0 Å². The van der Waals surface area contributed by atoms with Crippen LogP contribution in [-0.4, -0.2) is 12.1 Å². The molecule has 96 valence electrons. The Kier molecular flexibility index (Phi) is 4.45. The van der Waals surface area contributed by atoms with Gasteiger partial charge in [-0.15, -0.1) is 0 Å². The van der Waals surface area contributed by atoms with Crippen molar-refractivity contribution in [3.8, 4) is 0 Å². The van der Waals surface area contributed by atoms with Gasteiger partial charge in [-0.2, -0.15) is 0 Å². The summed E-state index contributed by atoms with van der Waals surface area (Å²) < 4.78 is 0. The van der Waals surface area contributed by atoms with Crippen molar-refractivity contribution >= 4 is 0 Å². The van der Waals surface area contributed by atoms with Crippen LogP contribution in [0.25, 0.3) is 0 Å². The van der Waals surface area contributed by atoms with Crippen molar-refractivity contribution < 1.29 is 0 Å². The molecule has 0 bridgehead atoms. The van der Waals surface area contributed by atoms with Gasteiger partial charge in [0, 0.05) is 12.1 Å². The van der Waals surface area contributed by atoms with E-state index < -0.39 is 0 Å². The summed E-state index contributed by atoms with van der Waals surface area (Å²) in [6.07, 6.45) is 5.68. The maximum Gasteiger partial charge on any atom is 0.00967 e. The van der Waals surface area contributed by atoms with Gasteiger partial charge in [-0.25, -0.2) is 0 Å². The Hall–Kier alpha value is -0.0400. The molecule has 0 radical (unpaired) electrons. The van der Waals surface area contributed by atoms with Gasteiger partial charge in [-0.05, 0) is 57.3 Å². The molecule has 1 unspecified atom stereocenters. The standard InChI is InChI=1S/C15H31N/c1-12(2)9-10-15(6,13-7-8-13)11-16-14(3,4)5/h12-13,16H,7-11H2,1-6H3. The molecule has 0 aromatic heterocycles. The molecule has 0 amide bonds. The summed E-state index contributed by atoms with van der Waals surface area (Å²) in [5.41, 5.74) is 0.797. The Morgan fingerprint density at radius 1 is 1.12 bits per heavy atom. The van der Waals surface area contributed by atoms with Crippen molar-refractivity contribution in [2.24, 2.45) is 17.3 Å². The summed E-state index contributed by atoms with van der Waals surface area (Å²) in [6.45, 7) is 15.2. The molecule has 0 aromatic carbocycles. The second-order valence-corrected chi connectivity index (χ2v) is 7.46. The minimum atomic E-state index is 0.258. The van der Waals surface area contributed by atoms with E-state index in [-0.39, 0.29) is 5.54 Å². The van der Waals surface area contributed by atoms with Gasteiger partial charge in [-0.1, -0.05) is 27.2 Å². The van der Waals surface area contributed by atoms with Gasteiger partial charge in [0.25, 0.3) is 0 Å². The molecular weight excluding hydrogens is 194 g/mol. The summed E-state index contributed by atoms with van der Waals surface area (Å²) in [5, 5.41) is 3.71. The van der Waals surface area contributed by atoms with Gasteiger partial charge in [0.2, 0.25) is 0 Å². The lowest BCUT2D eigenvalue weighted by atomic mass is 9.78. The fourth-order valence-corrected chi connectivity index (χ4v) is 2.30. The highest BCUT2D eigenvalue weighted by Gasteiger charge is 2.41. The quantitative estimate of drug-likeness (QED) is 0.713. The third-order valence-electron chi connectivity index (χ3n) is 3.88. The Labute approximate surface area is 102 Å². The maximum atomic E-state index is 3.71. The summed E-state index contributed by atoms with van der Waals surface area (Å²) in [4.78, 5) is 0. The third kappa shape index (κ3) is 4.86. The molecule has 1 saturated carbocycles. The summed E-state index contributed by atoms with van der Waals surface area (Å²) in [7, 11) is 0. The largest absolute Gasteiger partial charge is 0.312 e. The van der Waals surface area contributed by atoms with E-state index in [0.29, 0.717) is 5.41 Å². The van der Waals surface area contributed by atoms with Crippen molar-refractivity contribution in [3.63, 3.8) is 0 Å². The SMILES string of the molecule is CC(C)CCC(C)(CNC(C)(C)C)C1CC1. The van der Waals surface area contributed by atoms with Crippen LogP contribution in [0.1, 0.15) is 67.2 Å². The molecule has 1 rings (SSSR count). The van der Waals surface area contributed by atoms with Crippen molar-refractivity contribution in [3.05, 3.63) is 0 Å². The number of rotatable bonds is 6. The van der Waals surface area contributed by atoms with E-state index in [4.69, 9.17) is 0 Å². The first-order valence-electron chi connectivity index (χ1n) is 6.98. The first-order chi connectivity index (χ1) is 7.23. The van der Waals surface area contributed by atoms with Crippen molar-refractivity contribution in [2.75, 3.05) is 6.54 Å². The smallest absolute Gasteiger partial charge is 0.00967 e. The van der Waals surface area contributed by atoms with Crippen LogP contribution in [-0.2, 0) is 0 Å². The molecule has 1 fully saturated rings. The second-order valence-electron chi connectivity index (χ2n) is 7.46. The van der Waals surface area contributed by atoms with Gasteiger partial charge in [0.15, 0.2) is 0 Å². The molecule has 1 atom stereocenters. The molecule has 0 aliphatic heterocycles. The highest BCUT2D eigenvalue weighted by molar-refractivity contribution is 4.93. The molecule has 1 aliphatic rings. The molecule has 0 heterocycles. The van der Waals surface area contributed by atoms with Gasteiger partial charge < -0.3 is 5.32 Å². The summed E-state index contributed by atoms with van der Waals surface area (Å²) in [6, 6.07) is 0. The zero-order valence-corrected chi connectivity index (χ0v) is 12.2. The van der Waals surface area contributed by atoms with Gasteiger partial charge in [-0.3, -0.25) is 0 Å². The van der Waals surface area contributed by atoms with Crippen LogP contribution in [0.3, 0.4) is 0 Å². The Morgan fingerprint density at radius 2 is 1.69 bits per heavy atom. The summed E-state index contributed by atoms with van der Waals surface area (Å²) in [5.74, 6) is 1.83. The lowest BCUT2D eigenvalue weighted by Crippen LogP contribution is -2.43. The normalized spacial score (nSPS) is 21.2. The number of hydrogen-bond acceptors (Lipinski definition) is 1. The van der Waals surface area contributed by atoms with E-state index in [2.05, 4.69) is 46.9 Å². The fourth-order valence-electron chi connectivity index (χ4n) is 2.30. The Morgan fingerprint density at radius 3 is 2.06 bits per heavy atom. The van der Waals surface area contributed by atoms with Crippen LogP contribution in [0.2, 0.25) is 0 Å². The van der Waals surface area contributed by atoms with Crippen LogP contribution in [0.5, 0.6) is 0 Å². The van der Waals surface area contributed by atoms with E-state index in [1.165, 1.54) is 32.2 Å². The van der Waals surface area contributed by atoms with Crippen LogP contribution < -0.4 is 5.32 Å². The molecule has 16 heavy (non-hydrogen) atoms. The van der Waals surface area contributed by atoms with E-state index in [1.807, 2.05) is 0 Å². The average Bonchev–Trinajstić information content (AvgIpc) is 2.93. The Balaban J connectivity index is 2.45. The third-order valence-corrected chi connectivity index (χ3v) is 3.88. The molecule has 0 spiro atoms. The predicted octanol–water partition coefficient (Wildman–Crippen LogP) is 4.23. The van der Waals surface area contributed by atoms with Gasteiger partial charge in [0.1, 0.15) is 0 Å². The van der Waals surface area contributed by atoms with E-state index in [1.54, 1.807) is 0 Å². The van der Waals surface area contributed by atoms with Gasteiger partial charge >= 0.3 is 0 Å². The first kappa shape index (κ1) is 14.0. The average molecular weight is 225 g/mol. The monoisotopic (exact) mass is 225 g/mol. The minimum Gasteiger partial charge on any atom is -0.312 e. The Bertz CT molecular complexity index is 210. The lowest BCUT2D eigenvalue weighted by Gasteiger charge is -2.34. The van der Waals surface area contributed by atoms with E-state index >= 15 is 0 Å². The fraction of sp³-hybridized carbons (Fsp3) is 1.00. The van der Waals surface area contributed by atoms with E-state index in [0.717, 1.165) is 11.8 Å². The second kappa shape index (κ2) is 5.08. The topological polar surface area (TPSA) is 12.0 Å². The molecule has 1 heteroatoms. The highest BCUT2D eigenvalue weighted by atomic mass is 15.0. The van der Waals surface area contributed by atoms with Crippen LogP contribution in [0.4, 0.5) is 0 Å². The predicted molar refractivity (Wildman–Crippen MR) is 72.7 cm³/mol. The maximum absolute atomic E-state index is 3.71. The molecular formula is C15H31N. The molecule has 1 aliphatic carbocycles. The van der Waals surface area contributed by atoms with Crippen LogP contribution >= 0.6 is 0 Å². The number of hydrogen-bond donors (Lipinski definition) is 1. The number of nitrogens with one attached hydrogen (secondary N) is 1. The first-order valence-corrected chi connectivity index (χ1v) is 6.98. The minimum absolute atomic E-state index is 0.258. The molecule has 0 saturated heterocycles. The van der Waals surface area contributed by atoms with Crippen LogP contribution in [0, 0.1) is 17.3 Å². The van der Waals surface area contributed by atoms with Crippen molar-refractivity contribution in [2.45, 2.75) is 72.8 Å². The molecule has 1 N–H and O–H groups in total. The van der Waals surface area contributed by atoms with E-state index in [9.17, 15) is 0 Å². The zero-order chi connectivity index (χ0) is 12.4. The van der Waals surface area contributed by atoms with Crippen molar-refractivity contribution in [1.82, 2.24) is 5.32 Å².